The predicted molar refractivity (Wildman–Crippen MR) is 96.1 cm³/mol. The average Bonchev–Trinajstić information content (AvgIpc) is 2.67. The Morgan fingerprint density at radius 3 is 2.43 bits per heavy atom. The summed E-state index contributed by atoms with van der Waals surface area (Å²) < 4.78 is 58.8. The quantitative estimate of drug-likeness (QED) is 0.704. The third-order valence-electron chi connectivity index (χ3n) is 5.05. The van der Waals surface area contributed by atoms with Crippen molar-refractivity contribution in [2.75, 3.05) is 19.7 Å². The third-order valence-corrected chi connectivity index (χ3v) is 5.05. The fourth-order valence-corrected chi connectivity index (χ4v) is 3.36. The van der Waals surface area contributed by atoms with Gasteiger partial charge >= 0.3 is 6.18 Å². The Morgan fingerprint density at radius 2 is 1.75 bits per heavy atom. The van der Waals surface area contributed by atoms with Gasteiger partial charge in [0.1, 0.15) is 11.9 Å². The Morgan fingerprint density at radius 1 is 1.07 bits per heavy atom. The maximum atomic E-state index is 14.1. The summed E-state index contributed by atoms with van der Waals surface area (Å²) in [7, 11) is 0. The number of nitrogens with zero attached hydrogens (tertiary/aromatic N) is 1. The monoisotopic (exact) mass is 395 g/mol. The fraction of sp³-hybridized carbons (Fsp3) is 0.381. The summed E-state index contributed by atoms with van der Waals surface area (Å²) in [6.45, 7) is 3.86. The fourth-order valence-electron chi connectivity index (χ4n) is 3.36. The number of hydrogen-bond acceptors (Lipinski definition) is 2. The van der Waals surface area contributed by atoms with E-state index in [1.165, 1.54) is 23.1 Å². The van der Waals surface area contributed by atoms with Crippen LogP contribution in [0.4, 0.5) is 17.6 Å². The standard InChI is InChI=1S/C21H21F4NO2/c1-20(2,14-6-5-7-15(12-14)21(23,24)25)19(27)26-10-11-28-18(13-26)16-8-3-4-9-17(16)22/h3-9,12,18H,10-11,13H2,1-2H3. The van der Waals surface area contributed by atoms with Gasteiger partial charge in [0.25, 0.3) is 0 Å². The highest BCUT2D eigenvalue weighted by atomic mass is 19.4. The van der Waals surface area contributed by atoms with Crippen LogP contribution in [0.5, 0.6) is 0 Å². The van der Waals surface area contributed by atoms with E-state index in [-0.39, 0.29) is 24.6 Å². The summed E-state index contributed by atoms with van der Waals surface area (Å²) >= 11 is 0. The van der Waals surface area contributed by atoms with Crippen LogP contribution in [0.2, 0.25) is 0 Å². The molecule has 3 nitrogen and oxygen atoms in total. The number of morpholine rings is 1. The van der Waals surface area contributed by atoms with Gasteiger partial charge in [0, 0.05) is 12.1 Å². The van der Waals surface area contributed by atoms with Crippen molar-refractivity contribution < 1.29 is 27.1 Å². The van der Waals surface area contributed by atoms with Crippen molar-refractivity contribution in [2.24, 2.45) is 0 Å². The summed E-state index contributed by atoms with van der Waals surface area (Å²) in [5, 5.41) is 0. The van der Waals surface area contributed by atoms with Crippen LogP contribution in [0.15, 0.2) is 48.5 Å². The zero-order chi connectivity index (χ0) is 20.5. The highest BCUT2D eigenvalue weighted by molar-refractivity contribution is 5.87. The molecule has 1 aliphatic rings. The topological polar surface area (TPSA) is 29.5 Å². The molecule has 28 heavy (non-hydrogen) atoms. The van der Waals surface area contributed by atoms with Crippen molar-refractivity contribution in [1.29, 1.82) is 0 Å². The van der Waals surface area contributed by atoms with Crippen molar-refractivity contribution in [2.45, 2.75) is 31.5 Å². The van der Waals surface area contributed by atoms with E-state index < -0.39 is 29.1 Å². The van der Waals surface area contributed by atoms with Crippen molar-refractivity contribution in [3.63, 3.8) is 0 Å². The SMILES string of the molecule is CC(C)(C(=O)N1CCOC(c2ccccc2F)C1)c1cccc(C(F)(F)F)c1. The average molecular weight is 395 g/mol. The molecular weight excluding hydrogens is 374 g/mol. The van der Waals surface area contributed by atoms with Gasteiger partial charge in [0.05, 0.1) is 24.1 Å². The Kier molecular flexibility index (Phi) is 5.48. The van der Waals surface area contributed by atoms with Gasteiger partial charge in [-0.2, -0.15) is 13.2 Å². The Labute approximate surface area is 160 Å². The summed E-state index contributed by atoms with van der Waals surface area (Å²) in [6.07, 6.45) is -5.10. The van der Waals surface area contributed by atoms with Crippen LogP contribution in [0.25, 0.3) is 0 Å². The van der Waals surface area contributed by atoms with E-state index >= 15 is 0 Å². The number of halogens is 4. The lowest BCUT2D eigenvalue weighted by Gasteiger charge is -2.38. The number of alkyl halides is 3. The second kappa shape index (κ2) is 7.54. The van der Waals surface area contributed by atoms with E-state index in [1.54, 1.807) is 32.0 Å². The second-order valence-electron chi connectivity index (χ2n) is 7.34. The number of carbonyl (C=O) groups excluding carboxylic acids is 1. The second-order valence-corrected chi connectivity index (χ2v) is 7.34. The lowest BCUT2D eigenvalue weighted by atomic mass is 9.82. The van der Waals surface area contributed by atoms with Crippen molar-refractivity contribution in [3.05, 3.63) is 71.0 Å². The smallest absolute Gasteiger partial charge is 0.370 e. The van der Waals surface area contributed by atoms with E-state index in [1.807, 2.05) is 0 Å². The van der Waals surface area contributed by atoms with Gasteiger partial charge < -0.3 is 9.64 Å². The number of rotatable bonds is 3. The number of amides is 1. The van der Waals surface area contributed by atoms with Gasteiger partial charge in [0.15, 0.2) is 0 Å². The largest absolute Gasteiger partial charge is 0.416 e. The minimum atomic E-state index is -4.48. The molecule has 0 radical (unpaired) electrons. The van der Waals surface area contributed by atoms with Crippen LogP contribution in [0.3, 0.4) is 0 Å². The molecule has 1 aliphatic heterocycles. The first-order chi connectivity index (χ1) is 13.1. The zero-order valence-electron chi connectivity index (χ0n) is 15.6. The molecule has 0 aromatic heterocycles. The highest BCUT2D eigenvalue weighted by Crippen LogP contribution is 2.34. The molecule has 0 spiro atoms. The Balaban J connectivity index is 1.83. The maximum Gasteiger partial charge on any atom is 0.416 e. The number of ether oxygens (including phenoxy) is 1. The first-order valence-corrected chi connectivity index (χ1v) is 8.94. The molecule has 7 heteroatoms. The molecule has 1 unspecified atom stereocenters. The van der Waals surface area contributed by atoms with Crippen molar-refractivity contribution >= 4 is 5.91 Å². The van der Waals surface area contributed by atoms with Gasteiger partial charge in [0.2, 0.25) is 5.91 Å². The molecule has 1 atom stereocenters. The van der Waals surface area contributed by atoms with Gasteiger partial charge in [-0.3, -0.25) is 4.79 Å². The van der Waals surface area contributed by atoms with Gasteiger partial charge in [-0.15, -0.1) is 0 Å². The van der Waals surface area contributed by atoms with E-state index in [0.717, 1.165) is 12.1 Å². The predicted octanol–water partition coefficient (Wildman–Crippen LogP) is 4.72. The third kappa shape index (κ3) is 4.04. The molecule has 2 aromatic rings. The zero-order valence-corrected chi connectivity index (χ0v) is 15.6. The van der Waals surface area contributed by atoms with E-state index in [0.29, 0.717) is 12.1 Å². The molecule has 1 amide bonds. The lowest BCUT2D eigenvalue weighted by Crippen LogP contribution is -2.49. The molecule has 0 aliphatic carbocycles. The Bertz CT molecular complexity index is 863. The molecule has 0 bridgehead atoms. The van der Waals surface area contributed by atoms with E-state index in [9.17, 15) is 22.4 Å². The number of hydrogen-bond donors (Lipinski definition) is 0. The molecular formula is C21H21F4NO2. The van der Waals surface area contributed by atoms with E-state index in [4.69, 9.17) is 4.74 Å². The number of benzene rings is 2. The highest BCUT2D eigenvalue weighted by Gasteiger charge is 2.38. The minimum absolute atomic E-state index is 0.141. The molecule has 1 fully saturated rings. The molecule has 1 saturated heterocycles. The van der Waals surface area contributed by atoms with Crippen molar-refractivity contribution in [3.8, 4) is 0 Å². The summed E-state index contributed by atoms with van der Waals surface area (Å²) in [4.78, 5) is 14.7. The summed E-state index contributed by atoms with van der Waals surface area (Å²) in [5.74, 6) is -0.740. The van der Waals surface area contributed by atoms with Crippen molar-refractivity contribution in [1.82, 2.24) is 4.90 Å². The minimum Gasteiger partial charge on any atom is -0.370 e. The van der Waals surface area contributed by atoms with E-state index in [2.05, 4.69) is 0 Å². The van der Waals surface area contributed by atoms with Crippen LogP contribution < -0.4 is 0 Å². The molecule has 1 heterocycles. The molecule has 150 valence electrons. The molecule has 0 saturated carbocycles. The van der Waals surface area contributed by atoms with Gasteiger partial charge in [-0.25, -0.2) is 4.39 Å². The van der Waals surface area contributed by atoms with Crippen LogP contribution in [0.1, 0.15) is 36.6 Å². The summed E-state index contributed by atoms with van der Waals surface area (Å²) in [6, 6.07) is 11.0. The van der Waals surface area contributed by atoms with Crippen LogP contribution in [-0.4, -0.2) is 30.5 Å². The molecule has 0 N–H and O–H groups in total. The van der Waals surface area contributed by atoms with Gasteiger partial charge in [-0.05, 0) is 31.5 Å². The molecule has 2 aromatic carbocycles. The van der Waals surface area contributed by atoms with Crippen LogP contribution >= 0.6 is 0 Å². The maximum absolute atomic E-state index is 14.1. The first kappa shape index (κ1) is 20.3. The number of carbonyl (C=O) groups is 1. The molecule has 3 rings (SSSR count). The van der Waals surface area contributed by atoms with Gasteiger partial charge in [-0.1, -0.05) is 36.4 Å². The lowest BCUT2D eigenvalue weighted by molar-refractivity contribution is -0.144. The van der Waals surface area contributed by atoms with Crippen LogP contribution in [-0.2, 0) is 21.1 Å². The summed E-state index contributed by atoms with van der Waals surface area (Å²) in [5.41, 5.74) is -1.33. The first-order valence-electron chi connectivity index (χ1n) is 8.94. The van der Waals surface area contributed by atoms with Crippen LogP contribution in [0, 0.1) is 5.82 Å². The Hall–Kier alpha value is -2.41. The normalized spacial score (nSPS) is 18.2.